The SMILES string of the molecule is CC1(C)OCC(C(CO)NC(=O)OCc2ccccc2)O1. The monoisotopic (exact) mass is 295 g/mol. The third-order valence-corrected chi connectivity index (χ3v) is 3.19. The molecule has 2 unspecified atom stereocenters. The van der Waals surface area contributed by atoms with Crippen molar-refractivity contribution >= 4 is 6.09 Å². The molecule has 2 atom stereocenters. The van der Waals surface area contributed by atoms with E-state index in [1.807, 2.05) is 30.3 Å². The number of amides is 1. The Hall–Kier alpha value is -1.63. The van der Waals surface area contributed by atoms with Crippen molar-refractivity contribution in [2.45, 2.75) is 38.4 Å². The maximum atomic E-state index is 11.8. The number of aliphatic hydroxyl groups is 1. The first-order valence-corrected chi connectivity index (χ1v) is 6.90. The van der Waals surface area contributed by atoms with Crippen molar-refractivity contribution in [2.24, 2.45) is 0 Å². The number of rotatable bonds is 5. The van der Waals surface area contributed by atoms with Gasteiger partial charge in [0.25, 0.3) is 0 Å². The maximum Gasteiger partial charge on any atom is 0.407 e. The number of carbonyl (C=O) groups excluding carboxylic acids is 1. The zero-order chi connectivity index (χ0) is 15.3. The van der Waals surface area contributed by atoms with Crippen LogP contribution in [0, 0.1) is 0 Å². The highest BCUT2D eigenvalue weighted by Gasteiger charge is 2.37. The first-order valence-electron chi connectivity index (χ1n) is 6.90. The van der Waals surface area contributed by atoms with E-state index in [1.54, 1.807) is 13.8 Å². The minimum Gasteiger partial charge on any atom is -0.445 e. The van der Waals surface area contributed by atoms with Gasteiger partial charge in [0.2, 0.25) is 0 Å². The van der Waals surface area contributed by atoms with Crippen molar-refractivity contribution in [2.75, 3.05) is 13.2 Å². The van der Waals surface area contributed by atoms with Gasteiger partial charge in [0.15, 0.2) is 5.79 Å². The van der Waals surface area contributed by atoms with Crippen LogP contribution in [0.3, 0.4) is 0 Å². The van der Waals surface area contributed by atoms with Gasteiger partial charge in [-0.25, -0.2) is 4.79 Å². The van der Waals surface area contributed by atoms with Crippen LogP contribution >= 0.6 is 0 Å². The average Bonchev–Trinajstić information content (AvgIpc) is 2.83. The Morgan fingerprint density at radius 2 is 2.19 bits per heavy atom. The highest BCUT2D eigenvalue weighted by molar-refractivity contribution is 5.67. The second-order valence-electron chi connectivity index (χ2n) is 5.36. The van der Waals surface area contributed by atoms with Crippen LogP contribution in [0.25, 0.3) is 0 Å². The highest BCUT2D eigenvalue weighted by Crippen LogP contribution is 2.24. The van der Waals surface area contributed by atoms with Crippen molar-refractivity contribution < 1.29 is 24.1 Å². The van der Waals surface area contributed by atoms with Crippen LogP contribution in [0.4, 0.5) is 4.79 Å². The molecular weight excluding hydrogens is 274 g/mol. The summed E-state index contributed by atoms with van der Waals surface area (Å²) in [5, 5.41) is 12.0. The van der Waals surface area contributed by atoms with Gasteiger partial charge in [-0.1, -0.05) is 30.3 Å². The van der Waals surface area contributed by atoms with Crippen LogP contribution in [0.15, 0.2) is 30.3 Å². The first kappa shape index (κ1) is 15.8. The van der Waals surface area contributed by atoms with E-state index in [0.717, 1.165) is 5.56 Å². The van der Waals surface area contributed by atoms with Crippen LogP contribution in [0.1, 0.15) is 19.4 Å². The summed E-state index contributed by atoms with van der Waals surface area (Å²) in [7, 11) is 0. The smallest absolute Gasteiger partial charge is 0.407 e. The molecule has 0 saturated carbocycles. The number of nitrogens with one attached hydrogen (secondary N) is 1. The molecule has 6 heteroatoms. The van der Waals surface area contributed by atoms with Crippen molar-refractivity contribution in [3.63, 3.8) is 0 Å². The van der Waals surface area contributed by atoms with E-state index in [-0.39, 0.29) is 13.2 Å². The number of carbonyl (C=O) groups is 1. The van der Waals surface area contributed by atoms with E-state index in [1.165, 1.54) is 0 Å². The molecule has 116 valence electrons. The summed E-state index contributed by atoms with van der Waals surface area (Å²) in [4.78, 5) is 11.8. The second-order valence-corrected chi connectivity index (χ2v) is 5.36. The van der Waals surface area contributed by atoms with E-state index in [4.69, 9.17) is 14.2 Å². The number of hydrogen-bond donors (Lipinski definition) is 2. The summed E-state index contributed by atoms with van der Waals surface area (Å²) in [6.45, 7) is 3.82. The lowest BCUT2D eigenvalue weighted by atomic mass is 10.2. The molecule has 2 N–H and O–H groups in total. The fourth-order valence-corrected chi connectivity index (χ4v) is 2.09. The second kappa shape index (κ2) is 6.89. The Balaban J connectivity index is 1.80. The summed E-state index contributed by atoms with van der Waals surface area (Å²) in [6.07, 6.45) is -0.986. The van der Waals surface area contributed by atoms with Gasteiger partial charge in [0.05, 0.1) is 19.3 Å². The molecule has 1 aliphatic rings. The standard InChI is InChI=1S/C15H21NO5/c1-15(2)20-10-13(21-15)12(8-17)16-14(18)19-9-11-6-4-3-5-7-11/h3-7,12-13,17H,8-10H2,1-2H3,(H,16,18). The van der Waals surface area contributed by atoms with Crippen LogP contribution in [0.5, 0.6) is 0 Å². The van der Waals surface area contributed by atoms with E-state index in [0.29, 0.717) is 6.61 Å². The van der Waals surface area contributed by atoms with Crippen molar-refractivity contribution in [3.05, 3.63) is 35.9 Å². The maximum absolute atomic E-state index is 11.8. The minimum atomic E-state index is -0.701. The normalized spacial score (nSPS) is 21.8. The van der Waals surface area contributed by atoms with Crippen molar-refractivity contribution in [3.8, 4) is 0 Å². The Morgan fingerprint density at radius 1 is 1.48 bits per heavy atom. The lowest BCUT2D eigenvalue weighted by molar-refractivity contribution is -0.142. The molecule has 1 aromatic carbocycles. The Labute approximate surface area is 124 Å². The van der Waals surface area contributed by atoms with Gasteiger partial charge in [-0.05, 0) is 19.4 Å². The van der Waals surface area contributed by atoms with E-state index in [2.05, 4.69) is 5.32 Å². The Morgan fingerprint density at radius 3 is 2.76 bits per heavy atom. The molecule has 1 heterocycles. The molecule has 0 bridgehead atoms. The van der Waals surface area contributed by atoms with Gasteiger partial charge in [-0.15, -0.1) is 0 Å². The first-order chi connectivity index (χ1) is 10.00. The molecule has 1 fully saturated rings. The predicted molar refractivity (Wildman–Crippen MR) is 75.5 cm³/mol. The molecule has 1 amide bonds. The summed E-state index contributed by atoms with van der Waals surface area (Å²) in [5.74, 6) is -0.701. The third-order valence-electron chi connectivity index (χ3n) is 3.19. The summed E-state index contributed by atoms with van der Waals surface area (Å²) in [6, 6.07) is 8.82. The van der Waals surface area contributed by atoms with Gasteiger partial charge in [0.1, 0.15) is 12.7 Å². The van der Waals surface area contributed by atoms with Gasteiger partial charge in [0, 0.05) is 0 Å². The van der Waals surface area contributed by atoms with Gasteiger partial charge in [-0.3, -0.25) is 0 Å². The van der Waals surface area contributed by atoms with E-state index < -0.39 is 24.0 Å². The average molecular weight is 295 g/mol. The molecule has 1 saturated heterocycles. The van der Waals surface area contributed by atoms with Crippen molar-refractivity contribution in [1.29, 1.82) is 0 Å². The summed E-state index contributed by atoms with van der Waals surface area (Å²) in [5.41, 5.74) is 0.898. The lowest BCUT2D eigenvalue weighted by Crippen LogP contribution is -2.47. The predicted octanol–water partition coefficient (Wildman–Crippen LogP) is 1.43. The lowest BCUT2D eigenvalue weighted by Gasteiger charge is -2.23. The number of benzene rings is 1. The van der Waals surface area contributed by atoms with Crippen LogP contribution in [0.2, 0.25) is 0 Å². The Bertz CT molecular complexity index is 462. The fourth-order valence-electron chi connectivity index (χ4n) is 2.09. The van der Waals surface area contributed by atoms with Gasteiger partial charge >= 0.3 is 6.09 Å². The molecule has 0 spiro atoms. The largest absolute Gasteiger partial charge is 0.445 e. The van der Waals surface area contributed by atoms with Crippen LogP contribution in [-0.4, -0.2) is 42.3 Å². The van der Waals surface area contributed by atoms with E-state index >= 15 is 0 Å². The van der Waals surface area contributed by atoms with Gasteiger partial charge < -0.3 is 24.6 Å². The topological polar surface area (TPSA) is 77.0 Å². The van der Waals surface area contributed by atoms with E-state index in [9.17, 15) is 9.90 Å². The summed E-state index contributed by atoms with van der Waals surface area (Å²) >= 11 is 0. The molecule has 1 aromatic rings. The minimum absolute atomic E-state index is 0.179. The van der Waals surface area contributed by atoms with Crippen LogP contribution < -0.4 is 5.32 Å². The highest BCUT2D eigenvalue weighted by atomic mass is 16.7. The number of alkyl carbamates (subject to hydrolysis) is 1. The number of aliphatic hydroxyl groups excluding tert-OH is 1. The molecule has 6 nitrogen and oxygen atoms in total. The Kier molecular flexibility index (Phi) is 5.17. The molecule has 21 heavy (non-hydrogen) atoms. The van der Waals surface area contributed by atoms with Crippen LogP contribution in [-0.2, 0) is 20.8 Å². The molecule has 2 rings (SSSR count). The molecule has 0 radical (unpaired) electrons. The quantitative estimate of drug-likeness (QED) is 0.859. The van der Waals surface area contributed by atoms with Crippen molar-refractivity contribution in [1.82, 2.24) is 5.32 Å². The zero-order valence-electron chi connectivity index (χ0n) is 12.2. The number of hydrogen-bond acceptors (Lipinski definition) is 5. The zero-order valence-corrected chi connectivity index (χ0v) is 12.2. The molecule has 0 aromatic heterocycles. The fraction of sp³-hybridized carbons (Fsp3) is 0.533. The molecular formula is C15H21NO5. The molecule has 0 aliphatic carbocycles. The summed E-state index contributed by atoms with van der Waals surface area (Å²) < 4.78 is 16.1. The van der Waals surface area contributed by atoms with Gasteiger partial charge in [-0.2, -0.15) is 0 Å². The number of ether oxygens (including phenoxy) is 3. The molecule has 1 aliphatic heterocycles. The third kappa shape index (κ3) is 4.70.